The third kappa shape index (κ3) is 9.94. The Morgan fingerprint density at radius 1 is 0.642 bits per heavy atom. The number of hydrogen-bond donors (Lipinski definition) is 13. The summed E-state index contributed by atoms with van der Waals surface area (Å²) in [4.78, 5) is 23.5. The van der Waals surface area contributed by atoms with E-state index >= 15 is 0 Å². The monoisotopic (exact) mass is 778 g/mol. The molecule has 24 heteroatoms. The highest BCUT2D eigenvalue weighted by atomic mass is 16.8. The summed E-state index contributed by atoms with van der Waals surface area (Å²) in [5.74, 6) is -2.58. The average Bonchev–Trinajstić information content (AvgIpc) is 3.12. The summed E-state index contributed by atoms with van der Waals surface area (Å²) in [5.41, 5.74) is 3.72. The molecule has 0 spiro atoms. The van der Waals surface area contributed by atoms with Gasteiger partial charge in [-0.2, -0.15) is 0 Å². The molecule has 4 aliphatic heterocycles. The van der Waals surface area contributed by atoms with Gasteiger partial charge in [0.15, 0.2) is 25.2 Å². The number of nitrogens with one attached hydrogen (secondary N) is 1. The first-order chi connectivity index (χ1) is 25.1. The van der Waals surface area contributed by atoms with Crippen molar-refractivity contribution in [1.82, 2.24) is 5.32 Å². The second-order valence-electron chi connectivity index (χ2n) is 13.0. The molecule has 0 bridgehead atoms. The third-order valence-electron chi connectivity index (χ3n) is 9.20. The second kappa shape index (κ2) is 19.3. The summed E-state index contributed by atoms with van der Waals surface area (Å²) >= 11 is 0. The lowest BCUT2D eigenvalue weighted by Crippen LogP contribution is -2.68. The van der Waals surface area contributed by atoms with Gasteiger partial charge in [0.2, 0.25) is 5.91 Å². The van der Waals surface area contributed by atoms with Gasteiger partial charge in [0.1, 0.15) is 97.6 Å². The number of aliphatic hydroxyl groups is 11. The van der Waals surface area contributed by atoms with E-state index < -0.39 is 154 Å². The van der Waals surface area contributed by atoms with Crippen LogP contribution in [0, 0.1) is 0 Å². The van der Waals surface area contributed by atoms with Crippen molar-refractivity contribution >= 4 is 11.9 Å². The highest BCUT2D eigenvalue weighted by molar-refractivity contribution is 5.73. The maximum Gasteiger partial charge on any atom is 0.217 e. The molecule has 308 valence electrons. The minimum Gasteiger partial charge on any atom is -0.547 e. The van der Waals surface area contributed by atoms with Gasteiger partial charge in [0, 0.05) is 13.3 Å². The van der Waals surface area contributed by atoms with Crippen LogP contribution >= 0.6 is 0 Å². The number of carbonyl (C=O) groups excluding carboxylic acids is 2. The van der Waals surface area contributed by atoms with Crippen molar-refractivity contribution in [1.29, 1.82) is 0 Å². The van der Waals surface area contributed by atoms with Crippen molar-refractivity contribution in [2.45, 2.75) is 136 Å². The van der Waals surface area contributed by atoms with Gasteiger partial charge in [-0.05, 0) is 0 Å². The largest absolute Gasteiger partial charge is 0.547 e. The summed E-state index contributed by atoms with van der Waals surface area (Å²) < 4.78 is 44.7. The maximum atomic E-state index is 12.1. The molecule has 0 aromatic rings. The van der Waals surface area contributed by atoms with E-state index in [1.54, 1.807) is 0 Å². The molecule has 4 aliphatic rings. The Kier molecular flexibility index (Phi) is 16.0. The number of carboxylic acid groups (broad SMARTS) is 1. The molecule has 4 heterocycles. The van der Waals surface area contributed by atoms with E-state index in [2.05, 4.69) is 11.1 Å². The molecular formula is C29H50N2O22. The molecule has 53 heavy (non-hydrogen) atoms. The zero-order valence-corrected chi connectivity index (χ0v) is 28.4. The zero-order valence-electron chi connectivity index (χ0n) is 28.4. The lowest BCUT2D eigenvalue weighted by Gasteiger charge is -2.48. The molecule has 1 amide bonds. The molecule has 4 fully saturated rings. The highest BCUT2D eigenvalue weighted by Gasteiger charge is 2.54. The van der Waals surface area contributed by atoms with Crippen molar-refractivity contribution in [3.63, 3.8) is 0 Å². The summed E-state index contributed by atoms with van der Waals surface area (Å²) in [7, 11) is 0. The van der Waals surface area contributed by atoms with Crippen LogP contribution in [-0.4, -0.2) is 224 Å². The minimum atomic E-state index is -2.17. The first-order valence-electron chi connectivity index (χ1n) is 16.8. The molecule has 0 saturated carbocycles. The van der Waals surface area contributed by atoms with Crippen LogP contribution in [0.5, 0.6) is 0 Å². The van der Waals surface area contributed by atoms with E-state index in [4.69, 9.17) is 37.9 Å². The van der Waals surface area contributed by atoms with Gasteiger partial charge >= 0.3 is 0 Å². The van der Waals surface area contributed by atoms with E-state index in [9.17, 15) is 70.9 Å². The van der Waals surface area contributed by atoms with Crippen molar-refractivity contribution in [3.8, 4) is 0 Å². The lowest BCUT2D eigenvalue weighted by atomic mass is 9.95. The van der Waals surface area contributed by atoms with Crippen LogP contribution < -0.4 is 16.2 Å². The predicted octanol–water partition coefficient (Wildman–Crippen LogP) is -11.2. The topological polar surface area (TPSA) is 393 Å². The summed E-state index contributed by atoms with van der Waals surface area (Å²) in [6.07, 6.45) is -34.2. The molecule has 0 unspecified atom stereocenters. The molecule has 20 atom stereocenters. The smallest absolute Gasteiger partial charge is 0.217 e. The SMILES string of the molecule is CC(=O)N[C@H]1[C@H](OCCC[NH3+])O[C@H](CO[C@@H]2O[C@H](CO)[C@@H](O[C@@H]3O[C@H](C(=O)[O-])[C@H](O)[C@H](O)[C@H]3O)[C@H](O)[C@H]2O)[C@@H](O[C@@H]2O[C@H](CO)[C@H](O)[C@H](O)[C@H]2O)[C@@H]1O. The maximum absolute atomic E-state index is 12.1. The average molecular weight is 779 g/mol. The number of amides is 1. The van der Waals surface area contributed by atoms with E-state index in [-0.39, 0.29) is 6.61 Å². The fourth-order valence-electron chi connectivity index (χ4n) is 6.25. The van der Waals surface area contributed by atoms with Gasteiger partial charge in [-0.1, -0.05) is 0 Å². The highest BCUT2D eigenvalue weighted by Crippen LogP contribution is 2.33. The molecule has 0 radical (unpaired) electrons. The first-order valence-corrected chi connectivity index (χ1v) is 16.8. The van der Waals surface area contributed by atoms with Gasteiger partial charge in [0.25, 0.3) is 0 Å². The summed E-state index contributed by atoms with van der Waals surface area (Å²) in [6.45, 7) is -0.775. The van der Waals surface area contributed by atoms with Crippen LogP contribution in [0.25, 0.3) is 0 Å². The first kappa shape index (κ1) is 43.9. The van der Waals surface area contributed by atoms with Gasteiger partial charge < -0.3 is 115 Å². The van der Waals surface area contributed by atoms with Crippen molar-refractivity contribution in [2.24, 2.45) is 0 Å². The normalized spacial score (nSPS) is 46.5. The summed E-state index contributed by atoms with van der Waals surface area (Å²) in [6, 6.07) is -1.31. The zero-order chi connectivity index (χ0) is 39.3. The standard InChI is InChI=1S/C29H50N2O22/c1-8(34)31-12-14(36)23(52-28-19(41)15(37)13(35)9(5-32)48-28)11(50-26(12)46-4-2-3-30)7-47-27-21(43)18(40)22(10(6-33)49-27)51-29-20(42)16(38)17(39)24(53-29)25(44)45/h9-24,26-29,32-33,35-43H,2-7,30H2,1H3,(H,31,34)(H,44,45)/t9-,10-,11-,12-,13+,14-,15+,16+,17-,18-,19-,20-,21-,22-,23-,24+,26-,27-,28+,29-/m1/s1. The molecule has 4 saturated heterocycles. The van der Waals surface area contributed by atoms with Gasteiger partial charge in [-0.15, -0.1) is 0 Å². The molecule has 0 aromatic heterocycles. The Labute approximate surface area is 301 Å². The summed E-state index contributed by atoms with van der Waals surface area (Å²) in [5, 5.41) is 128. The number of aliphatic hydroxyl groups excluding tert-OH is 11. The van der Waals surface area contributed by atoms with Crippen molar-refractivity contribution in [3.05, 3.63) is 0 Å². The molecule has 15 N–H and O–H groups in total. The van der Waals surface area contributed by atoms with E-state index in [0.29, 0.717) is 13.0 Å². The number of carbonyl (C=O) groups is 2. The third-order valence-corrected chi connectivity index (χ3v) is 9.20. The predicted molar refractivity (Wildman–Crippen MR) is 160 cm³/mol. The van der Waals surface area contributed by atoms with E-state index in [1.165, 1.54) is 0 Å². The number of aliphatic carboxylic acids is 1. The van der Waals surface area contributed by atoms with E-state index in [0.717, 1.165) is 6.92 Å². The Morgan fingerprint density at radius 3 is 1.74 bits per heavy atom. The number of ether oxygens (including phenoxy) is 8. The quantitative estimate of drug-likeness (QED) is 0.0686. The van der Waals surface area contributed by atoms with Crippen LogP contribution in [0.1, 0.15) is 13.3 Å². The number of hydrogen-bond acceptors (Lipinski definition) is 22. The van der Waals surface area contributed by atoms with Crippen LogP contribution in [0.3, 0.4) is 0 Å². The lowest BCUT2D eigenvalue weighted by molar-refractivity contribution is -0.378. The Hall–Kier alpha value is -1.86. The van der Waals surface area contributed by atoms with Crippen molar-refractivity contribution in [2.75, 3.05) is 33.0 Å². The molecule has 0 aromatic carbocycles. The van der Waals surface area contributed by atoms with Gasteiger partial charge in [-0.3, -0.25) is 4.79 Å². The van der Waals surface area contributed by atoms with Crippen LogP contribution in [0.4, 0.5) is 0 Å². The van der Waals surface area contributed by atoms with Crippen LogP contribution in [0.2, 0.25) is 0 Å². The van der Waals surface area contributed by atoms with Crippen LogP contribution in [0.15, 0.2) is 0 Å². The number of rotatable bonds is 15. The van der Waals surface area contributed by atoms with Gasteiger partial charge in [0.05, 0.1) is 38.9 Å². The molecule has 4 rings (SSSR count). The minimum absolute atomic E-state index is 0.0537. The number of quaternary nitrogens is 1. The van der Waals surface area contributed by atoms with E-state index in [1.807, 2.05) is 0 Å². The fourth-order valence-corrected chi connectivity index (χ4v) is 6.25. The van der Waals surface area contributed by atoms with Crippen LogP contribution in [-0.2, 0) is 47.5 Å². The second-order valence-corrected chi connectivity index (χ2v) is 13.0. The fraction of sp³-hybridized carbons (Fsp3) is 0.931. The Balaban J connectivity index is 1.53. The van der Waals surface area contributed by atoms with Gasteiger partial charge in [-0.25, -0.2) is 0 Å². The molecular weight excluding hydrogens is 728 g/mol. The molecule has 0 aliphatic carbocycles. The van der Waals surface area contributed by atoms with Crippen molar-refractivity contribution < 1.29 is 114 Å². The Morgan fingerprint density at radius 2 is 1.17 bits per heavy atom. The molecule has 24 nitrogen and oxygen atoms in total. The Bertz CT molecular complexity index is 1170. The number of carboxylic acids is 1.